The van der Waals surface area contributed by atoms with Crippen LogP contribution in [0.25, 0.3) is 0 Å². The van der Waals surface area contributed by atoms with E-state index in [-0.39, 0.29) is 5.82 Å². The number of hydrogen-bond donors (Lipinski definition) is 1. The van der Waals surface area contributed by atoms with Crippen molar-refractivity contribution in [1.82, 2.24) is 10.2 Å². The van der Waals surface area contributed by atoms with Gasteiger partial charge in [0.25, 0.3) is 0 Å². The van der Waals surface area contributed by atoms with Crippen LogP contribution in [0.3, 0.4) is 0 Å². The van der Waals surface area contributed by atoms with Gasteiger partial charge < -0.3 is 5.32 Å². The summed E-state index contributed by atoms with van der Waals surface area (Å²) < 4.78 is 13.5. The molecule has 21 heavy (non-hydrogen) atoms. The molecule has 1 N–H and O–H groups in total. The maximum Gasteiger partial charge on any atom is 0.123 e. The summed E-state index contributed by atoms with van der Waals surface area (Å²) >= 11 is 6.25. The molecular formula is C17H24ClFN2. The Hall–Kier alpha value is -0.640. The third-order valence-electron chi connectivity index (χ3n) is 4.72. The SMILES string of the molecule is CCCC1CN(Cc2cc(F)ccc2Cl)C(C2CC2)CN1. The highest BCUT2D eigenvalue weighted by Crippen LogP contribution is 2.37. The van der Waals surface area contributed by atoms with Crippen LogP contribution in [0.1, 0.15) is 38.2 Å². The van der Waals surface area contributed by atoms with Gasteiger partial charge in [0.05, 0.1) is 0 Å². The van der Waals surface area contributed by atoms with Crippen LogP contribution >= 0.6 is 11.6 Å². The van der Waals surface area contributed by atoms with Crippen LogP contribution in [0.2, 0.25) is 5.02 Å². The standard InChI is InChI=1S/C17H24ClFN2/c1-2-3-15-11-21(17(9-20-15)12-4-5-12)10-13-8-14(19)6-7-16(13)18/h6-8,12,15,17,20H,2-5,9-11H2,1H3. The first-order chi connectivity index (χ1) is 10.2. The summed E-state index contributed by atoms with van der Waals surface area (Å²) in [5, 5.41) is 4.36. The zero-order valence-electron chi connectivity index (χ0n) is 12.6. The lowest BCUT2D eigenvalue weighted by Crippen LogP contribution is -2.56. The molecule has 3 rings (SSSR count). The molecule has 4 heteroatoms. The summed E-state index contributed by atoms with van der Waals surface area (Å²) in [5.74, 6) is 0.616. The fraction of sp³-hybridized carbons (Fsp3) is 0.647. The summed E-state index contributed by atoms with van der Waals surface area (Å²) in [4.78, 5) is 2.52. The molecule has 2 unspecified atom stereocenters. The Morgan fingerprint density at radius 2 is 2.19 bits per heavy atom. The Bertz CT molecular complexity index is 490. The van der Waals surface area contributed by atoms with Gasteiger partial charge in [-0.05, 0) is 48.9 Å². The van der Waals surface area contributed by atoms with E-state index in [0.29, 0.717) is 17.1 Å². The van der Waals surface area contributed by atoms with Crippen LogP contribution < -0.4 is 5.32 Å². The molecule has 2 fully saturated rings. The van der Waals surface area contributed by atoms with Gasteiger partial charge in [-0.1, -0.05) is 24.9 Å². The first kappa shape index (κ1) is 15.3. The molecule has 116 valence electrons. The van der Waals surface area contributed by atoms with Crippen molar-refractivity contribution in [2.24, 2.45) is 5.92 Å². The van der Waals surface area contributed by atoms with E-state index in [2.05, 4.69) is 17.1 Å². The quantitative estimate of drug-likeness (QED) is 0.889. The van der Waals surface area contributed by atoms with Crippen LogP contribution in [-0.2, 0) is 6.54 Å². The van der Waals surface area contributed by atoms with Crippen LogP contribution in [0.5, 0.6) is 0 Å². The van der Waals surface area contributed by atoms with E-state index in [1.165, 1.54) is 31.7 Å². The minimum Gasteiger partial charge on any atom is -0.311 e. The van der Waals surface area contributed by atoms with Gasteiger partial charge >= 0.3 is 0 Å². The molecule has 1 aromatic rings. The van der Waals surface area contributed by atoms with Gasteiger partial charge in [0.2, 0.25) is 0 Å². The number of hydrogen-bond acceptors (Lipinski definition) is 2. The molecule has 0 radical (unpaired) electrons. The minimum atomic E-state index is -0.197. The number of nitrogens with one attached hydrogen (secondary N) is 1. The first-order valence-electron chi connectivity index (χ1n) is 8.08. The molecule has 1 heterocycles. The Morgan fingerprint density at radius 3 is 2.90 bits per heavy atom. The number of rotatable bonds is 5. The summed E-state index contributed by atoms with van der Waals surface area (Å²) in [6.07, 6.45) is 5.06. The maximum absolute atomic E-state index is 13.5. The Morgan fingerprint density at radius 1 is 1.38 bits per heavy atom. The lowest BCUT2D eigenvalue weighted by molar-refractivity contribution is 0.104. The smallest absolute Gasteiger partial charge is 0.123 e. The van der Waals surface area contributed by atoms with E-state index in [9.17, 15) is 4.39 Å². The Kier molecular flexibility index (Phi) is 4.82. The van der Waals surface area contributed by atoms with Crippen molar-refractivity contribution in [1.29, 1.82) is 0 Å². The number of benzene rings is 1. The highest BCUT2D eigenvalue weighted by atomic mass is 35.5. The van der Waals surface area contributed by atoms with Crippen molar-refractivity contribution in [2.75, 3.05) is 13.1 Å². The van der Waals surface area contributed by atoms with Gasteiger partial charge in [0, 0.05) is 36.7 Å². The zero-order valence-corrected chi connectivity index (χ0v) is 13.4. The van der Waals surface area contributed by atoms with Crippen LogP contribution in [0.15, 0.2) is 18.2 Å². The van der Waals surface area contributed by atoms with Crippen LogP contribution in [-0.4, -0.2) is 30.1 Å². The molecule has 1 saturated heterocycles. The summed E-state index contributed by atoms with van der Waals surface area (Å²) in [5.41, 5.74) is 0.916. The van der Waals surface area contributed by atoms with E-state index in [1.807, 2.05) is 0 Å². The predicted octanol–water partition coefficient (Wildman–Crippen LogP) is 3.83. The van der Waals surface area contributed by atoms with Crippen molar-refractivity contribution in [2.45, 2.75) is 51.2 Å². The molecule has 0 amide bonds. The normalized spacial score (nSPS) is 27.0. The second-order valence-corrected chi connectivity index (χ2v) is 6.87. The second kappa shape index (κ2) is 6.64. The average molecular weight is 311 g/mol. The van der Waals surface area contributed by atoms with E-state index < -0.39 is 0 Å². The third-order valence-corrected chi connectivity index (χ3v) is 5.09. The van der Waals surface area contributed by atoms with Crippen molar-refractivity contribution < 1.29 is 4.39 Å². The molecule has 1 saturated carbocycles. The van der Waals surface area contributed by atoms with E-state index in [0.717, 1.165) is 31.1 Å². The minimum absolute atomic E-state index is 0.197. The van der Waals surface area contributed by atoms with Gasteiger partial charge in [-0.25, -0.2) is 4.39 Å². The number of nitrogens with zero attached hydrogens (tertiary/aromatic N) is 1. The van der Waals surface area contributed by atoms with Gasteiger partial charge in [-0.2, -0.15) is 0 Å². The summed E-state index contributed by atoms with van der Waals surface area (Å²) in [6, 6.07) is 5.82. The lowest BCUT2D eigenvalue weighted by Gasteiger charge is -2.41. The van der Waals surface area contributed by atoms with Crippen molar-refractivity contribution >= 4 is 11.6 Å². The Balaban J connectivity index is 1.73. The van der Waals surface area contributed by atoms with Gasteiger partial charge in [0.15, 0.2) is 0 Å². The third kappa shape index (κ3) is 3.77. The highest BCUT2D eigenvalue weighted by molar-refractivity contribution is 6.31. The van der Waals surface area contributed by atoms with Crippen molar-refractivity contribution in [3.8, 4) is 0 Å². The molecular weight excluding hydrogens is 287 g/mol. The zero-order chi connectivity index (χ0) is 14.8. The molecule has 1 aliphatic heterocycles. The topological polar surface area (TPSA) is 15.3 Å². The average Bonchev–Trinajstić information content (AvgIpc) is 3.28. The highest BCUT2D eigenvalue weighted by Gasteiger charge is 2.38. The Labute approximate surface area is 131 Å². The van der Waals surface area contributed by atoms with E-state index in [1.54, 1.807) is 12.1 Å². The molecule has 2 atom stereocenters. The fourth-order valence-electron chi connectivity index (χ4n) is 3.45. The van der Waals surface area contributed by atoms with Crippen molar-refractivity contribution in [3.05, 3.63) is 34.6 Å². The van der Waals surface area contributed by atoms with E-state index in [4.69, 9.17) is 11.6 Å². The molecule has 2 nitrogen and oxygen atoms in total. The van der Waals surface area contributed by atoms with Gasteiger partial charge in [-0.15, -0.1) is 0 Å². The van der Waals surface area contributed by atoms with Crippen LogP contribution in [0.4, 0.5) is 4.39 Å². The number of halogens is 2. The molecule has 1 aromatic carbocycles. The summed E-state index contributed by atoms with van der Waals surface area (Å²) in [6.45, 7) is 5.09. The largest absolute Gasteiger partial charge is 0.311 e. The summed E-state index contributed by atoms with van der Waals surface area (Å²) in [7, 11) is 0. The molecule has 1 aliphatic carbocycles. The predicted molar refractivity (Wildman–Crippen MR) is 85.0 cm³/mol. The first-order valence-corrected chi connectivity index (χ1v) is 8.46. The number of piperazine rings is 1. The van der Waals surface area contributed by atoms with Crippen molar-refractivity contribution in [3.63, 3.8) is 0 Å². The molecule has 2 aliphatic rings. The second-order valence-electron chi connectivity index (χ2n) is 6.46. The maximum atomic E-state index is 13.5. The van der Waals surface area contributed by atoms with E-state index >= 15 is 0 Å². The fourth-order valence-corrected chi connectivity index (χ4v) is 3.63. The van der Waals surface area contributed by atoms with Gasteiger partial charge in [0.1, 0.15) is 5.82 Å². The monoisotopic (exact) mass is 310 g/mol. The van der Waals surface area contributed by atoms with Gasteiger partial charge in [-0.3, -0.25) is 4.90 Å². The molecule has 0 aromatic heterocycles. The van der Waals surface area contributed by atoms with Crippen LogP contribution in [0, 0.1) is 11.7 Å². The molecule has 0 bridgehead atoms. The molecule has 0 spiro atoms. The lowest BCUT2D eigenvalue weighted by atomic mass is 10.0.